The van der Waals surface area contributed by atoms with Crippen LogP contribution in [0.15, 0.2) is 36.4 Å². The molecule has 1 atom stereocenters. The van der Waals surface area contributed by atoms with Crippen molar-refractivity contribution in [1.82, 2.24) is 0 Å². The Morgan fingerprint density at radius 1 is 1.32 bits per heavy atom. The zero-order valence-corrected chi connectivity index (χ0v) is 10.8. The molecule has 0 radical (unpaired) electrons. The maximum absolute atomic E-state index is 13.8. The highest BCUT2D eigenvalue weighted by molar-refractivity contribution is 5.73. The average molecular weight is 257 g/mol. The first kappa shape index (κ1) is 12.2. The highest BCUT2D eigenvalue weighted by atomic mass is 19.1. The fourth-order valence-electron chi connectivity index (χ4n) is 2.55. The van der Waals surface area contributed by atoms with E-state index in [4.69, 9.17) is 10.5 Å². The van der Waals surface area contributed by atoms with E-state index >= 15 is 0 Å². The van der Waals surface area contributed by atoms with E-state index in [1.54, 1.807) is 6.07 Å². The lowest BCUT2D eigenvalue weighted by molar-refractivity contribution is 0.242. The lowest BCUT2D eigenvalue weighted by Crippen LogP contribution is -2.24. The summed E-state index contributed by atoms with van der Waals surface area (Å²) in [5.41, 5.74) is 9.49. The standard InChI is InChI=1S/C16H16FNO/c1-10-3-2-4-11(5-10)15-8-13(17)6-12-7-14(9-18)19-16(12)15/h2-6,8,14H,7,9,18H2,1H3/t14-/m1/s1. The minimum Gasteiger partial charge on any atom is -0.488 e. The third-order valence-corrected chi connectivity index (χ3v) is 3.45. The molecule has 3 heteroatoms. The van der Waals surface area contributed by atoms with Crippen molar-refractivity contribution in [1.29, 1.82) is 0 Å². The Labute approximate surface area is 112 Å². The molecule has 0 aromatic heterocycles. The van der Waals surface area contributed by atoms with Gasteiger partial charge in [-0.05, 0) is 24.6 Å². The van der Waals surface area contributed by atoms with Crippen molar-refractivity contribution in [3.63, 3.8) is 0 Å². The molecule has 19 heavy (non-hydrogen) atoms. The van der Waals surface area contributed by atoms with E-state index in [9.17, 15) is 4.39 Å². The number of ether oxygens (including phenoxy) is 1. The molecule has 0 saturated heterocycles. The van der Waals surface area contributed by atoms with Crippen LogP contribution >= 0.6 is 0 Å². The molecule has 1 aliphatic heterocycles. The van der Waals surface area contributed by atoms with Gasteiger partial charge in [-0.2, -0.15) is 0 Å². The summed E-state index contributed by atoms with van der Waals surface area (Å²) in [5.74, 6) is 0.555. The van der Waals surface area contributed by atoms with Crippen molar-refractivity contribution >= 4 is 0 Å². The first-order chi connectivity index (χ1) is 9.17. The van der Waals surface area contributed by atoms with Crippen LogP contribution in [0.1, 0.15) is 11.1 Å². The van der Waals surface area contributed by atoms with Crippen molar-refractivity contribution in [2.24, 2.45) is 5.73 Å². The molecule has 2 N–H and O–H groups in total. The van der Waals surface area contributed by atoms with Gasteiger partial charge < -0.3 is 10.5 Å². The van der Waals surface area contributed by atoms with Gasteiger partial charge in [0.2, 0.25) is 0 Å². The smallest absolute Gasteiger partial charge is 0.131 e. The molecule has 2 aromatic rings. The van der Waals surface area contributed by atoms with Crippen molar-refractivity contribution in [2.75, 3.05) is 6.54 Å². The van der Waals surface area contributed by atoms with E-state index in [0.29, 0.717) is 13.0 Å². The molecule has 0 fully saturated rings. The Kier molecular flexibility index (Phi) is 2.99. The first-order valence-corrected chi connectivity index (χ1v) is 6.43. The number of halogens is 1. The van der Waals surface area contributed by atoms with Gasteiger partial charge >= 0.3 is 0 Å². The Balaban J connectivity index is 2.13. The Morgan fingerprint density at radius 3 is 2.89 bits per heavy atom. The zero-order valence-electron chi connectivity index (χ0n) is 10.8. The van der Waals surface area contributed by atoms with Gasteiger partial charge in [-0.25, -0.2) is 4.39 Å². The second-order valence-corrected chi connectivity index (χ2v) is 4.99. The van der Waals surface area contributed by atoms with Crippen molar-refractivity contribution < 1.29 is 9.13 Å². The lowest BCUT2D eigenvalue weighted by Gasteiger charge is -2.11. The van der Waals surface area contributed by atoms with Gasteiger partial charge in [0.25, 0.3) is 0 Å². The average Bonchev–Trinajstić information content (AvgIpc) is 2.80. The summed E-state index contributed by atoms with van der Waals surface area (Å²) in [6, 6.07) is 11.1. The summed E-state index contributed by atoms with van der Waals surface area (Å²) in [4.78, 5) is 0. The summed E-state index contributed by atoms with van der Waals surface area (Å²) >= 11 is 0. The molecule has 0 saturated carbocycles. The lowest BCUT2D eigenvalue weighted by atomic mass is 9.99. The summed E-state index contributed by atoms with van der Waals surface area (Å²) in [5, 5.41) is 0. The Bertz CT molecular complexity index is 624. The topological polar surface area (TPSA) is 35.2 Å². The zero-order chi connectivity index (χ0) is 13.4. The minimum absolute atomic E-state index is 0.0413. The minimum atomic E-state index is -0.225. The number of aryl methyl sites for hydroxylation is 1. The predicted octanol–water partition coefficient (Wildman–Crippen LogP) is 3.06. The van der Waals surface area contributed by atoms with Gasteiger partial charge in [-0.15, -0.1) is 0 Å². The van der Waals surface area contributed by atoms with Crippen LogP contribution in [0.3, 0.4) is 0 Å². The van der Waals surface area contributed by atoms with Gasteiger partial charge in [0.15, 0.2) is 0 Å². The van der Waals surface area contributed by atoms with Gasteiger partial charge in [0.1, 0.15) is 17.7 Å². The second-order valence-electron chi connectivity index (χ2n) is 4.99. The molecule has 1 aliphatic rings. The largest absolute Gasteiger partial charge is 0.488 e. The predicted molar refractivity (Wildman–Crippen MR) is 73.7 cm³/mol. The van der Waals surface area contributed by atoms with Gasteiger partial charge in [0, 0.05) is 24.1 Å². The van der Waals surface area contributed by atoms with Crippen molar-refractivity contribution in [3.05, 3.63) is 53.3 Å². The molecule has 3 rings (SSSR count). The van der Waals surface area contributed by atoms with E-state index in [1.165, 1.54) is 6.07 Å². The number of hydrogen-bond acceptors (Lipinski definition) is 2. The maximum Gasteiger partial charge on any atom is 0.131 e. The molecule has 98 valence electrons. The van der Waals surface area contributed by atoms with E-state index in [1.807, 2.05) is 31.2 Å². The molecule has 0 spiro atoms. The van der Waals surface area contributed by atoms with Crippen LogP contribution in [0.25, 0.3) is 11.1 Å². The van der Waals surface area contributed by atoms with E-state index < -0.39 is 0 Å². The Hall–Kier alpha value is -1.87. The molecule has 2 nitrogen and oxygen atoms in total. The number of benzene rings is 2. The summed E-state index contributed by atoms with van der Waals surface area (Å²) < 4.78 is 19.6. The fourth-order valence-corrected chi connectivity index (χ4v) is 2.55. The third kappa shape index (κ3) is 2.22. The number of hydrogen-bond donors (Lipinski definition) is 1. The van der Waals surface area contributed by atoms with Gasteiger partial charge in [-0.1, -0.05) is 29.8 Å². The molecule has 0 unspecified atom stereocenters. The van der Waals surface area contributed by atoms with Gasteiger partial charge in [-0.3, -0.25) is 0 Å². The molecular formula is C16H16FNO. The second kappa shape index (κ2) is 4.67. The highest BCUT2D eigenvalue weighted by Gasteiger charge is 2.25. The summed E-state index contributed by atoms with van der Waals surface area (Å²) in [6.45, 7) is 2.47. The number of nitrogens with two attached hydrogens (primary N) is 1. The molecular weight excluding hydrogens is 241 g/mol. The normalized spacial score (nSPS) is 17.1. The van der Waals surface area contributed by atoms with Crippen LogP contribution in [-0.4, -0.2) is 12.6 Å². The monoisotopic (exact) mass is 257 g/mol. The quantitative estimate of drug-likeness (QED) is 0.897. The molecule has 1 heterocycles. The summed E-state index contributed by atoms with van der Waals surface area (Å²) in [6.07, 6.45) is 0.642. The van der Waals surface area contributed by atoms with Gasteiger partial charge in [0.05, 0.1) is 0 Å². The molecule has 0 amide bonds. The number of fused-ring (bicyclic) bond motifs is 1. The maximum atomic E-state index is 13.8. The van der Waals surface area contributed by atoms with E-state index in [2.05, 4.69) is 0 Å². The highest BCUT2D eigenvalue weighted by Crippen LogP contribution is 2.39. The summed E-state index contributed by atoms with van der Waals surface area (Å²) in [7, 11) is 0. The van der Waals surface area contributed by atoms with E-state index in [0.717, 1.165) is 28.0 Å². The molecule has 2 aromatic carbocycles. The molecule has 0 aliphatic carbocycles. The fraction of sp³-hybridized carbons (Fsp3) is 0.250. The first-order valence-electron chi connectivity index (χ1n) is 6.43. The van der Waals surface area contributed by atoms with Crippen LogP contribution in [0.5, 0.6) is 5.75 Å². The van der Waals surface area contributed by atoms with Crippen molar-refractivity contribution in [2.45, 2.75) is 19.4 Å². The van der Waals surface area contributed by atoms with Crippen LogP contribution < -0.4 is 10.5 Å². The SMILES string of the molecule is Cc1cccc(-c2cc(F)cc3c2O[C@@H](CN)C3)c1. The van der Waals surface area contributed by atoms with E-state index in [-0.39, 0.29) is 11.9 Å². The Morgan fingerprint density at radius 2 is 2.16 bits per heavy atom. The van der Waals surface area contributed by atoms with Crippen LogP contribution in [-0.2, 0) is 6.42 Å². The number of rotatable bonds is 2. The molecule has 0 bridgehead atoms. The van der Waals surface area contributed by atoms with Crippen LogP contribution in [0, 0.1) is 12.7 Å². The van der Waals surface area contributed by atoms with Crippen LogP contribution in [0.4, 0.5) is 4.39 Å². The van der Waals surface area contributed by atoms with Crippen LogP contribution in [0.2, 0.25) is 0 Å². The van der Waals surface area contributed by atoms with Crippen molar-refractivity contribution in [3.8, 4) is 16.9 Å². The third-order valence-electron chi connectivity index (χ3n) is 3.45.